The van der Waals surface area contributed by atoms with Crippen LogP contribution in [0, 0.1) is 0 Å². The molecule has 19 heavy (non-hydrogen) atoms. The highest BCUT2D eigenvalue weighted by molar-refractivity contribution is 6.03. The van der Waals surface area contributed by atoms with E-state index in [1.807, 2.05) is 18.2 Å². The van der Waals surface area contributed by atoms with Crippen LogP contribution in [-0.4, -0.2) is 18.1 Å². The first-order valence-corrected chi connectivity index (χ1v) is 6.09. The van der Waals surface area contributed by atoms with Gasteiger partial charge in [-0.25, -0.2) is 4.79 Å². The lowest BCUT2D eigenvalue weighted by molar-refractivity contribution is 0.0603. The van der Waals surface area contributed by atoms with Gasteiger partial charge in [-0.15, -0.1) is 0 Å². The molecule has 0 fully saturated rings. The van der Waals surface area contributed by atoms with Gasteiger partial charge >= 0.3 is 5.97 Å². The molecule has 4 heteroatoms. The van der Waals surface area contributed by atoms with Crippen LogP contribution in [0.15, 0.2) is 29.1 Å². The summed E-state index contributed by atoms with van der Waals surface area (Å²) in [7, 11) is 1.31. The van der Waals surface area contributed by atoms with Gasteiger partial charge in [0, 0.05) is 17.0 Å². The first kappa shape index (κ1) is 13.3. The van der Waals surface area contributed by atoms with E-state index in [1.54, 1.807) is 0 Å². The Balaban J connectivity index is 2.79. The van der Waals surface area contributed by atoms with Gasteiger partial charge < -0.3 is 9.72 Å². The third-order valence-corrected chi connectivity index (χ3v) is 3.11. The van der Waals surface area contributed by atoms with Crippen LogP contribution in [0.2, 0.25) is 0 Å². The number of fused-ring (bicyclic) bond motifs is 1. The summed E-state index contributed by atoms with van der Waals surface area (Å²) in [5, 5.41) is 0.707. The van der Waals surface area contributed by atoms with Crippen molar-refractivity contribution in [1.82, 2.24) is 4.98 Å². The second-order valence-corrected chi connectivity index (χ2v) is 5.55. The molecule has 0 amide bonds. The number of aromatic nitrogens is 1. The summed E-state index contributed by atoms with van der Waals surface area (Å²) in [6.07, 6.45) is 0. The summed E-state index contributed by atoms with van der Waals surface area (Å²) < 4.78 is 4.73. The average molecular weight is 259 g/mol. The van der Waals surface area contributed by atoms with Gasteiger partial charge in [-0.2, -0.15) is 0 Å². The normalized spacial score (nSPS) is 11.6. The van der Waals surface area contributed by atoms with E-state index in [2.05, 4.69) is 25.8 Å². The summed E-state index contributed by atoms with van der Waals surface area (Å²) >= 11 is 0. The number of rotatable bonds is 1. The Hall–Kier alpha value is -2.10. The van der Waals surface area contributed by atoms with E-state index in [1.165, 1.54) is 13.2 Å². The average Bonchev–Trinajstić information content (AvgIpc) is 2.35. The summed E-state index contributed by atoms with van der Waals surface area (Å²) in [4.78, 5) is 26.0. The SMILES string of the molecule is COC(=O)c1cc(=O)[nH]c2ccc(C(C)(C)C)cc12. The van der Waals surface area contributed by atoms with Crippen molar-refractivity contribution in [3.63, 3.8) is 0 Å². The molecule has 0 saturated heterocycles. The number of methoxy groups -OCH3 is 1. The topological polar surface area (TPSA) is 59.2 Å². The van der Waals surface area contributed by atoms with E-state index in [-0.39, 0.29) is 11.0 Å². The Labute approximate surface area is 111 Å². The molecule has 0 aliphatic heterocycles. The number of hydrogen-bond donors (Lipinski definition) is 1. The minimum Gasteiger partial charge on any atom is -0.465 e. The van der Waals surface area contributed by atoms with Crippen molar-refractivity contribution in [3.8, 4) is 0 Å². The second kappa shape index (κ2) is 4.53. The number of esters is 1. The van der Waals surface area contributed by atoms with Crippen LogP contribution in [0.4, 0.5) is 0 Å². The van der Waals surface area contributed by atoms with E-state index < -0.39 is 5.97 Å². The van der Waals surface area contributed by atoms with E-state index in [0.29, 0.717) is 16.5 Å². The highest BCUT2D eigenvalue weighted by atomic mass is 16.5. The minimum atomic E-state index is -0.498. The fourth-order valence-electron chi connectivity index (χ4n) is 2.00. The van der Waals surface area contributed by atoms with Crippen LogP contribution in [0.3, 0.4) is 0 Å². The van der Waals surface area contributed by atoms with E-state index in [0.717, 1.165) is 5.56 Å². The lowest BCUT2D eigenvalue weighted by Crippen LogP contribution is -2.14. The van der Waals surface area contributed by atoms with Gasteiger partial charge in [0.1, 0.15) is 0 Å². The van der Waals surface area contributed by atoms with Crippen molar-refractivity contribution in [2.24, 2.45) is 0 Å². The fourth-order valence-corrected chi connectivity index (χ4v) is 2.00. The second-order valence-electron chi connectivity index (χ2n) is 5.55. The number of nitrogens with one attached hydrogen (secondary N) is 1. The molecule has 0 bridgehead atoms. The lowest BCUT2D eigenvalue weighted by Gasteiger charge is -2.19. The molecular weight excluding hydrogens is 242 g/mol. The molecule has 4 nitrogen and oxygen atoms in total. The number of carbonyl (C=O) groups excluding carboxylic acids is 1. The molecule has 2 rings (SSSR count). The van der Waals surface area contributed by atoms with Crippen molar-refractivity contribution in [2.45, 2.75) is 26.2 Å². The van der Waals surface area contributed by atoms with Crippen LogP contribution in [-0.2, 0) is 10.2 Å². The zero-order chi connectivity index (χ0) is 14.2. The van der Waals surface area contributed by atoms with Gasteiger partial charge in [-0.1, -0.05) is 26.8 Å². The number of ether oxygens (including phenoxy) is 1. The molecule has 0 aliphatic carbocycles. The third kappa shape index (κ3) is 2.52. The number of hydrogen-bond acceptors (Lipinski definition) is 3. The van der Waals surface area contributed by atoms with Crippen LogP contribution in [0.1, 0.15) is 36.7 Å². The molecule has 2 aromatic rings. The van der Waals surface area contributed by atoms with Crippen molar-refractivity contribution in [2.75, 3.05) is 7.11 Å². The highest BCUT2D eigenvalue weighted by Crippen LogP contribution is 2.26. The molecule has 100 valence electrons. The molecule has 0 radical (unpaired) electrons. The van der Waals surface area contributed by atoms with Gasteiger partial charge in [0.05, 0.1) is 12.7 Å². The zero-order valence-corrected chi connectivity index (χ0v) is 11.5. The summed E-state index contributed by atoms with van der Waals surface area (Å²) in [5.41, 5.74) is 1.69. The molecule has 0 spiro atoms. The largest absolute Gasteiger partial charge is 0.465 e. The maximum Gasteiger partial charge on any atom is 0.338 e. The van der Waals surface area contributed by atoms with Gasteiger partial charge in [0.15, 0.2) is 0 Å². The van der Waals surface area contributed by atoms with Gasteiger partial charge in [0.25, 0.3) is 0 Å². The van der Waals surface area contributed by atoms with E-state index in [4.69, 9.17) is 4.74 Å². The molecule has 0 atom stereocenters. The predicted octanol–water partition coefficient (Wildman–Crippen LogP) is 2.61. The molecule has 0 unspecified atom stereocenters. The summed E-state index contributed by atoms with van der Waals surface area (Å²) in [6.45, 7) is 6.28. The van der Waals surface area contributed by atoms with Crippen LogP contribution in [0.5, 0.6) is 0 Å². The first-order chi connectivity index (χ1) is 8.82. The number of benzene rings is 1. The predicted molar refractivity (Wildman–Crippen MR) is 74.6 cm³/mol. The van der Waals surface area contributed by atoms with Gasteiger partial charge in [0.2, 0.25) is 5.56 Å². The number of aromatic amines is 1. The standard InChI is InChI=1S/C15H17NO3/c1-15(2,3)9-5-6-12-10(7-9)11(14(18)19-4)8-13(17)16-12/h5-8H,1-4H3,(H,16,17). The Morgan fingerprint density at radius 2 is 1.89 bits per heavy atom. The summed E-state index contributed by atoms with van der Waals surface area (Å²) in [6, 6.07) is 6.99. The molecule has 1 heterocycles. The van der Waals surface area contributed by atoms with Gasteiger partial charge in [-0.05, 0) is 23.1 Å². The maximum atomic E-state index is 11.8. The van der Waals surface area contributed by atoms with Gasteiger partial charge in [-0.3, -0.25) is 4.79 Å². The van der Waals surface area contributed by atoms with E-state index >= 15 is 0 Å². The van der Waals surface area contributed by atoms with Crippen LogP contribution < -0.4 is 5.56 Å². The smallest absolute Gasteiger partial charge is 0.338 e. The number of carbonyl (C=O) groups is 1. The maximum absolute atomic E-state index is 11.8. The Morgan fingerprint density at radius 3 is 2.47 bits per heavy atom. The third-order valence-electron chi connectivity index (χ3n) is 3.11. The van der Waals surface area contributed by atoms with E-state index in [9.17, 15) is 9.59 Å². The number of H-pyrrole nitrogens is 1. The Kier molecular flexibility index (Phi) is 3.18. The zero-order valence-electron chi connectivity index (χ0n) is 11.5. The minimum absolute atomic E-state index is 0.0300. The molecule has 1 aromatic heterocycles. The monoisotopic (exact) mass is 259 g/mol. The molecule has 0 saturated carbocycles. The van der Waals surface area contributed by atoms with Crippen molar-refractivity contribution < 1.29 is 9.53 Å². The molecule has 1 aromatic carbocycles. The lowest BCUT2D eigenvalue weighted by atomic mass is 9.86. The van der Waals surface area contributed by atoms with Crippen molar-refractivity contribution in [1.29, 1.82) is 0 Å². The summed E-state index contributed by atoms with van der Waals surface area (Å²) in [5.74, 6) is -0.498. The Bertz CT molecular complexity index is 693. The fraction of sp³-hybridized carbons (Fsp3) is 0.333. The molecular formula is C15H17NO3. The molecule has 0 aliphatic rings. The van der Waals surface area contributed by atoms with Crippen molar-refractivity contribution >= 4 is 16.9 Å². The quantitative estimate of drug-likeness (QED) is 0.801. The molecule has 1 N–H and O–H groups in total. The van der Waals surface area contributed by atoms with Crippen LogP contribution in [0.25, 0.3) is 10.9 Å². The highest BCUT2D eigenvalue weighted by Gasteiger charge is 2.17. The first-order valence-electron chi connectivity index (χ1n) is 6.09. The van der Waals surface area contributed by atoms with Crippen molar-refractivity contribution in [3.05, 3.63) is 45.7 Å². The number of pyridine rings is 1. The van der Waals surface area contributed by atoms with Crippen LogP contribution >= 0.6 is 0 Å². The Morgan fingerprint density at radius 1 is 1.21 bits per heavy atom.